The minimum absolute atomic E-state index is 0.0767. The summed E-state index contributed by atoms with van der Waals surface area (Å²) in [6.07, 6.45) is 3.05. The van der Waals surface area contributed by atoms with Gasteiger partial charge in [0.2, 0.25) is 11.0 Å². The molecule has 6 nitrogen and oxygen atoms in total. The van der Waals surface area contributed by atoms with Crippen LogP contribution < -0.4 is 10.1 Å². The number of aromatic nitrogens is 3. The van der Waals surface area contributed by atoms with Crippen LogP contribution in [0.3, 0.4) is 0 Å². The summed E-state index contributed by atoms with van der Waals surface area (Å²) < 4.78 is 7.44. The van der Waals surface area contributed by atoms with Crippen molar-refractivity contribution < 1.29 is 9.53 Å². The van der Waals surface area contributed by atoms with E-state index in [1.165, 1.54) is 16.9 Å². The summed E-state index contributed by atoms with van der Waals surface area (Å²) in [5.74, 6) is 0.757. The van der Waals surface area contributed by atoms with Crippen LogP contribution in [0.15, 0.2) is 60.8 Å². The first-order chi connectivity index (χ1) is 13.7. The highest BCUT2D eigenvalue weighted by Gasteiger charge is 2.11. The average molecular weight is 392 g/mol. The molecule has 0 radical (unpaired) electrons. The Balaban J connectivity index is 1.35. The Bertz CT molecular complexity index is 1090. The van der Waals surface area contributed by atoms with Crippen molar-refractivity contribution in [3.8, 4) is 5.75 Å². The Labute approximate surface area is 166 Å². The molecule has 4 rings (SSSR count). The van der Waals surface area contributed by atoms with Crippen molar-refractivity contribution in [2.45, 2.75) is 19.4 Å². The van der Waals surface area contributed by atoms with E-state index in [0.29, 0.717) is 24.5 Å². The fraction of sp³-hybridized carbons (Fsp3) is 0.190. The van der Waals surface area contributed by atoms with E-state index in [1.807, 2.05) is 48.7 Å². The van der Waals surface area contributed by atoms with Gasteiger partial charge in [0.1, 0.15) is 10.8 Å². The maximum atomic E-state index is 12.3. The van der Waals surface area contributed by atoms with E-state index in [1.54, 1.807) is 7.11 Å². The number of benzene rings is 2. The predicted molar refractivity (Wildman–Crippen MR) is 111 cm³/mol. The Morgan fingerprint density at radius 1 is 1.11 bits per heavy atom. The highest BCUT2D eigenvalue weighted by atomic mass is 32.1. The van der Waals surface area contributed by atoms with Crippen LogP contribution in [-0.4, -0.2) is 27.8 Å². The Morgan fingerprint density at radius 2 is 1.96 bits per heavy atom. The average Bonchev–Trinajstić information content (AvgIpc) is 3.33. The van der Waals surface area contributed by atoms with Gasteiger partial charge in [-0.05, 0) is 23.8 Å². The molecule has 0 spiro atoms. The first kappa shape index (κ1) is 18.2. The van der Waals surface area contributed by atoms with Crippen LogP contribution >= 0.6 is 11.3 Å². The number of fused-ring (bicyclic) bond motifs is 1. The van der Waals surface area contributed by atoms with Crippen LogP contribution in [0.1, 0.15) is 17.0 Å². The summed E-state index contributed by atoms with van der Waals surface area (Å²) in [5, 5.41) is 13.6. The van der Waals surface area contributed by atoms with Gasteiger partial charge in [-0.3, -0.25) is 4.79 Å². The quantitative estimate of drug-likeness (QED) is 0.514. The monoisotopic (exact) mass is 392 g/mol. The maximum absolute atomic E-state index is 12.3. The number of nitrogens with one attached hydrogen (secondary N) is 1. The molecule has 2 heterocycles. The number of hydrogen-bond donors (Lipinski definition) is 1. The minimum Gasteiger partial charge on any atom is -0.496 e. The number of carbonyl (C=O) groups is 1. The Morgan fingerprint density at radius 3 is 2.79 bits per heavy atom. The van der Waals surface area contributed by atoms with Crippen LogP contribution in [-0.2, 0) is 17.8 Å². The smallest absolute Gasteiger partial charge is 0.227 e. The number of methoxy groups -OCH3 is 1. The van der Waals surface area contributed by atoms with E-state index < -0.39 is 0 Å². The summed E-state index contributed by atoms with van der Waals surface area (Å²) in [6, 6.07) is 18.0. The van der Waals surface area contributed by atoms with Crippen molar-refractivity contribution in [2.75, 3.05) is 12.4 Å². The van der Waals surface area contributed by atoms with Crippen molar-refractivity contribution in [3.63, 3.8) is 0 Å². The highest BCUT2D eigenvalue weighted by Crippen LogP contribution is 2.26. The molecule has 0 saturated carbocycles. The summed E-state index contributed by atoms with van der Waals surface area (Å²) in [6.45, 7) is 0.582. The third-order valence-electron chi connectivity index (χ3n) is 4.48. The molecule has 4 aromatic rings. The van der Waals surface area contributed by atoms with E-state index >= 15 is 0 Å². The predicted octanol–water partition coefficient (Wildman–Crippen LogP) is 4.12. The number of aryl methyl sites for hydroxylation is 1. The molecule has 7 heteroatoms. The molecule has 0 aliphatic heterocycles. The number of rotatable bonds is 7. The molecular formula is C21H20N4O2S. The van der Waals surface area contributed by atoms with Gasteiger partial charge in [0, 0.05) is 31.0 Å². The zero-order valence-corrected chi connectivity index (χ0v) is 16.3. The van der Waals surface area contributed by atoms with E-state index in [9.17, 15) is 4.79 Å². The number of anilines is 1. The molecule has 2 aromatic heterocycles. The minimum atomic E-state index is -0.0767. The van der Waals surface area contributed by atoms with E-state index in [-0.39, 0.29) is 5.91 Å². The van der Waals surface area contributed by atoms with Crippen molar-refractivity contribution in [2.24, 2.45) is 0 Å². The van der Waals surface area contributed by atoms with Crippen molar-refractivity contribution in [1.29, 1.82) is 0 Å². The Hall–Kier alpha value is -3.19. The molecule has 0 aliphatic rings. The second-order valence-corrected chi connectivity index (χ2v) is 7.43. The summed E-state index contributed by atoms with van der Waals surface area (Å²) in [4.78, 5) is 12.3. The summed E-state index contributed by atoms with van der Waals surface area (Å²) in [7, 11) is 1.66. The lowest BCUT2D eigenvalue weighted by Gasteiger charge is -2.06. The van der Waals surface area contributed by atoms with Crippen molar-refractivity contribution >= 4 is 33.3 Å². The van der Waals surface area contributed by atoms with Gasteiger partial charge in [-0.2, -0.15) is 0 Å². The molecule has 1 N–H and O–H groups in total. The van der Waals surface area contributed by atoms with Gasteiger partial charge in [-0.15, -0.1) is 10.2 Å². The Kier molecular flexibility index (Phi) is 5.34. The van der Waals surface area contributed by atoms with Crippen LogP contribution in [0, 0.1) is 0 Å². The molecule has 0 unspecified atom stereocenters. The van der Waals surface area contributed by atoms with Gasteiger partial charge >= 0.3 is 0 Å². The van der Waals surface area contributed by atoms with Gasteiger partial charge in [-0.25, -0.2) is 0 Å². The summed E-state index contributed by atoms with van der Waals surface area (Å²) in [5.41, 5.74) is 2.22. The van der Waals surface area contributed by atoms with Gasteiger partial charge in [-0.1, -0.05) is 47.7 Å². The molecule has 0 fully saturated rings. The third kappa shape index (κ3) is 4.04. The summed E-state index contributed by atoms with van der Waals surface area (Å²) >= 11 is 1.41. The lowest BCUT2D eigenvalue weighted by Crippen LogP contribution is -2.14. The highest BCUT2D eigenvalue weighted by molar-refractivity contribution is 7.15. The van der Waals surface area contributed by atoms with Gasteiger partial charge in [0.25, 0.3) is 0 Å². The molecule has 142 valence electrons. The number of carbonyl (C=O) groups excluding carboxylic acids is 1. The molecule has 2 aromatic carbocycles. The van der Waals surface area contributed by atoms with E-state index in [2.05, 4.69) is 32.2 Å². The van der Waals surface area contributed by atoms with Crippen LogP contribution in [0.25, 0.3) is 10.9 Å². The van der Waals surface area contributed by atoms with E-state index in [4.69, 9.17) is 4.74 Å². The topological polar surface area (TPSA) is 69.0 Å². The van der Waals surface area contributed by atoms with Crippen LogP contribution in [0.5, 0.6) is 5.75 Å². The third-order valence-corrected chi connectivity index (χ3v) is 5.32. The normalized spacial score (nSPS) is 10.9. The number of hydrogen-bond acceptors (Lipinski definition) is 5. The molecule has 0 saturated heterocycles. The molecular weight excluding hydrogens is 372 g/mol. The van der Waals surface area contributed by atoms with Crippen molar-refractivity contribution in [1.82, 2.24) is 14.8 Å². The molecule has 0 aliphatic carbocycles. The first-order valence-electron chi connectivity index (χ1n) is 9.01. The van der Waals surface area contributed by atoms with Gasteiger partial charge in [0.15, 0.2) is 0 Å². The zero-order chi connectivity index (χ0) is 19.3. The second-order valence-electron chi connectivity index (χ2n) is 6.36. The number of nitrogens with zero attached hydrogens (tertiary/aromatic N) is 3. The fourth-order valence-electron chi connectivity index (χ4n) is 3.12. The van der Waals surface area contributed by atoms with Gasteiger partial charge in [0.05, 0.1) is 12.6 Å². The fourth-order valence-corrected chi connectivity index (χ4v) is 3.91. The van der Waals surface area contributed by atoms with E-state index in [0.717, 1.165) is 21.7 Å². The molecule has 0 bridgehead atoms. The standard InChI is InChI=1S/C21H20N4O2S/c1-27-18-9-5-8-17-16(18)10-12-25(17)13-11-19(26)22-21-24-23-20(28-21)14-15-6-3-2-4-7-15/h2-10,12H,11,13-14H2,1H3,(H,22,24,26). The number of amides is 1. The SMILES string of the molecule is COc1cccc2c1ccn2CCC(=O)Nc1nnc(Cc2ccccc2)s1. The molecule has 28 heavy (non-hydrogen) atoms. The van der Waals surface area contributed by atoms with Crippen LogP contribution in [0.4, 0.5) is 5.13 Å². The number of ether oxygens (including phenoxy) is 1. The van der Waals surface area contributed by atoms with Gasteiger partial charge < -0.3 is 14.6 Å². The zero-order valence-electron chi connectivity index (χ0n) is 15.5. The first-order valence-corrected chi connectivity index (χ1v) is 9.82. The molecule has 0 atom stereocenters. The lowest BCUT2D eigenvalue weighted by molar-refractivity contribution is -0.116. The van der Waals surface area contributed by atoms with Crippen LogP contribution in [0.2, 0.25) is 0 Å². The molecule has 1 amide bonds. The maximum Gasteiger partial charge on any atom is 0.227 e. The lowest BCUT2D eigenvalue weighted by atomic mass is 10.2. The largest absolute Gasteiger partial charge is 0.496 e. The second kappa shape index (κ2) is 8.22. The van der Waals surface area contributed by atoms with Crippen molar-refractivity contribution in [3.05, 3.63) is 71.4 Å².